The van der Waals surface area contributed by atoms with Crippen molar-refractivity contribution in [2.24, 2.45) is 0 Å². The highest BCUT2D eigenvalue weighted by atomic mass is 16.5. The Labute approximate surface area is 820 Å². The van der Waals surface area contributed by atoms with E-state index >= 15 is 0 Å². The van der Waals surface area contributed by atoms with Crippen molar-refractivity contribution in [2.45, 2.75) is 100 Å². The van der Waals surface area contributed by atoms with Gasteiger partial charge < -0.3 is 33.5 Å². The van der Waals surface area contributed by atoms with E-state index in [-0.39, 0.29) is 13.2 Å². The summed E-state index contributed by atoms with van der Waals surface area (Å²) in [7, 11) is 0. The molecule has 0 radical (unpaired) electrons. The third-order valence-electron chi connectivity index (χ3n) is 24.3. The number of ether oxygens (including phenoxy) is 6. The van der Waals surface area contributed by atoms with Crippen molar-refractivity contribution in [3.05, 3.63) is 646 Å². The summed E-state index contributed by atoms with van der Waals surface area (Å²) in [6.07, 6.45) is 4.90. The van der Waals surface area contributed by atoms with Crippen molar-refractivity contribution in [1.29, 1.82) is 0 Å². The fourth-order valence-electron chi connectivity index (χ4n) is 18.1. The molecular formula is C131H130O7. The van der Waals surface area contributed by atoms with Gasteiger partial charge in [0.15, 0.2) is 0 Å². The van der Waals surface area contributed by atoms with Gasteiger partial charge in [-0.15, -0.1) is 0 Å². The van der Waals surface area contributed by atoms with Crippen LogP contribution >= 0.6 is 0 Å². The highest BCUT2D eigenvalue weighted by Crippen LogP contribution is 2.47. The first-order valence-corrected chi connectivity index (χ1v) is 48.7. The summed E-state index contributed by atoms with van der Waals surface area (Å²) >= 11 is 0. The number of benzene rings is 18. The van der Waals surface area contributed by atoms with Crippen molar-refractivity contribution >= 4 is 0 Å². The van der Waals surface area contributed by atoms with Crippen LogP contribution in [0, 0.1) is 0 Å². The van der Waals surface area contributed by atoms with Crippen molar-refractivity contribution in [2.75, 3.05) is 46.2 Å². The zero-order valence-corrected chi connectivity index (χ0v) is 80.3. The molecule has 18 rings (SSSR count). The average molecular weight is 1820 g/mol. The van der Waals surface area contributed by atoms with Gasteiger partial charge in [-0.25, -0.2) is 0 Å². The van der Waals surface area contributed by atoms with Crippen LogP contribution in [0.15, 0.2) is 546 Å². The maximum atomic E-state index is 9.35. The predicted molar refractivity (Wildman–Crippen MR) is 570 cm³/mol. The highest BCUT2D eigenvalue weighted by Gasteiger charge is 2.43. The fraction of sp³-hybridized carbons (Fsp3) is 0.176. The Hall–Kier alpha value is -14.3. The Bertz CT molecular complexity index is 4660. The largest absolute Gasteiger partial charge is 0.394 e. The number of hydrogen-bond acceptors (Lipinski definition) is 7. The molecule has 0 saturated carbocycles. The van der Waals surface area contributed by atoms with Gasteiger partial charge in [0.25, 0.3) is 0 Å². The van der Waals surface area contributed by atoms with E-state index in [2.05, 4.69) is 435 Å². The molecule has 18 aromatic carbocycles. The normalized spacial score (nSPS) is 11.3. The number of aliphatic hydroxyl groups excluding tert-OH is 1. The van der Waals surface area contributed by atoms with Gasteiger partial charge in [0, 0.05) is 33.0 Å². The van der Waals surface area contributed by atoms with Gasteiger partial charge >= 0.3 is 0 Å². The Balaban J connectivity index is 0.000000140. The van der Waals surface area contributed by atoms with Crippen molar-refractivity contribution in [3.8, 4) is 0 Å². The van der Waals surface area contributed by atoms with E-state index in [4.69, 9.17) is 28.4 Å². The molecule has 0 aliphatic carbocycles. The summed E-state index contributed by atoms with van der Waals surface area (Å²) in [5.74, 6) is 0. The van der Waals surface area contributed by atoms with Crippen molar-refractivity contribution in [1.82, 2.24) is 0 Å². The van der Waals surface area contributed by atoms with Gasteiger partial charge in [-0.3, -0.25) is 0 Å². The smallest absolute Gasteiger partial charge is 0.143 e. The zero-order valence-electron chi connectivity index (χ0n) is 80.3. The van der Waals surface area contributed by atoms with Crippen LogP contribution in [0.3, 0.4) is 0 Å². The van der Waals surface area contributed by atoms with Crippen molar-refractivity contribution < 1.29 is 33.5 Å². The summed E-state index contributed by atoms with van der Waals surface area (Å²) in [5, 5.41) is 9.35. The Morgan fingerprint density at radius 3 is 0.261 bits per heavy atom. The molecule has 7 nitrogen and oxygen atoms in total. The predicted octanol–water partition coefficient (Wildman–Crippen LogP) is 31.0. The summed E-state index contributed by atoms with van der Waals surface area (Å²) in [4.78, 5) is 0. The lowest BCUT2D eigenvalue weighted by Crippen LogP contribution is -2.33. The van der Waals surface area contributed by atoms with Gasteiger partial charge in [0.05, 0.1) is 13.2 Å². The summed E-state index contributed by atoms with van der Waals surface area (Å²) in [5.41, 5.74) is 16.9. The van der Waals surface area contributed by atoms with Gasteiger partial charge in [-0.1, -0.05) is 581 Å². The van der Waals surface area contributed by atoms with E-state index in [1.54, 1.807) is 0 Å². The van der Waals surface area contributed by atoms with Gasteiger partial charge in [-0.2, -0.15) is 0 Å². The minimum atomic E-state index is -0.730. The van der Waals surface area contributed by atoms with Gasteiger partial charge in [0.1, 0.15) is 33.6 Å². The standard InChI is InChI=1S/5C22H22O.C21H20O2/c5*1-2-18-23-22(19-12-6-3-7-13-19,20-14-8-4-9-15-20)21-16-10-5-11-17-21;22-16-17-23-21(18-10-4-1-5-11-18,19-12-6-2-7-13-19)20-14-8-3-9-15-20/h5*3-17H,2,18H2,1H3;1-15,22H,16-17H2. The lowest BCUT2D eigenvalue weighted by atomic mass is 9.80. The molecule has 0 unspecified atom stereocenters. The van der Waals surface area contributed by atoms with Crippen LogP contribution in [0.4, 0.5) is 0 Å². The molecule has 138 heavy (non-hydrogen) atoms. The van der Waals surface area contributed by atoms with Crippen LogP contribution < -0.4 is 0 Å². The third kappa shape index (κ3) is 24.7. The lowest BCUT2D eigenvalue weighted by molar-refractivity contribution is -0.00644. The maximum absolute atomic E-state index is 9.35. The van der Waals surface area contributed by atoms with Crippen LogP contribution in [0.1, 0.15) is 167 Å². The average Bonchev–Trinajstić information content (AvgIpc) is 0.787. The van der Waals surface area contributed by atoms with E-state index in [0.29, 0.717) is 33.0 Å². The number of aliphatic hydroxyl groups is 1. The van der Waals surface area contributed by atoms with Crippen molar-refractivity contribution in [3.63, 3.8) is 0 Å². The lowest BCUT2D eigenvalue weighted by Gasteiger charge is -2.36. The van der Waals surface area contributed by atoms with Crippen LogP contribution in [0.25, 0.3) is 0 Å². The zero-order chi connectivity index (χ0) is 95.8. The molecule has 0 aliphatic rings. The Kier molecular flexibility index (Phi) is 39.4. The van der Waals surface area contributed by atoms with E-state index < -0.39 is 33.6 Å². The molecule has 0 aliphatic heterocycles. The Morgan fingerprint density at radius 1 is 0.123 bits per heavy atom. The summed E-state index contributed by atoms with van der Waals surface area (Å²) in [6, 6.07) is 188. The number of hydrogen-bond donors (Lipinski definition) is 1. The van der Waals surface area contributed by atoms with Crippen LogP contribution in [0.2, 0.25) is 0 Å². The van der Waals surface area contributed by atoms with Crippen LogP contribution in [0.5, 0.6) is 0 Å². The van der Waals surface area contributed by atoms with E-state index in [0.717, 1.165) is 132 Å². The molecule has 18 aromatic rings. The summed E-state index contributed by atoms with van der Waals surface area (Å²) < 4.78 is 39.0. The van der Waals surface area contributed by atoms with E-state index in [1.807, 2.05) is 146 Å². The number of rotatable bonds is 36. The molecule has 0 aromatic heterocycles. The molecule has 0 spiro atoms. The van der Waals surface area contributed by atoms with E-state index in [9.17, 15) is 5.11 Å². The van der Waals surface area contributed by atoms with Gasteiger partial charge in [0.2, 0.25) is 0 Å². The highest BCUT2D eigenvalue weighted by molar-refractivity contribution is 5.55. The first-order valence-electron chi connectivity index (χ1n) is 48.7. The molecule has 0 bridgehead atoms. The molecule has 696 valence electrons. The molecule has 0 heterocycles. The second-order valence-corrected chi connectivity index (χ2v) is 33.5. The van der Waals surface area contributed by atoms with Crippen LogP contribution in [-0.4, -0.2) is 51.4 Å². The minimum Gasteiger partial charge on any atom is -0.394 e. The quantitative estimate of drug-likeness (QED) is 0.0392. The third-order valence-corrected chi connectivity index (χ3v) is 24.3. The van der Waals surface area contributed by atoms with E-state index in [1.165, 1.54) is 0 Å². The van der Waals surface area contributed by atoms with Crippen LogP contribution in [-0.2, 0) is 62.0 Å². The molecule has 0 fully saturated rings. The molecule has 0 atom stereocenters. The molecular weight excluding hydrogens is 1690 g/mol. The van der Waals surface area contributed by atoms with Gasteiger partial charge in [-0.05, 0) is 132 Å². The second-order valence-electron chi connectivity index (χ2n) is 33.5. The monoisotopic (exact) mass is 1810 g/mol. The maximum Gasteiger partial charge on any atom is 0.143 e. The molecule has 7 heteroatoms. The molecule has 0 amide bonds. The Morgan fingerprint density at radius 2 is 0.196 bits per heavy atom. The molecule has 0 saturated heterocycles. The first-order chi connectivity index (χ1) is 68.3. The topological polar surface area (TPSA) is 75.6 Å². The molecule has 1 N–H and O–H groups in total. The fourth-order valence-corrected chi connectivity index (χ4v) is 18.1. The summed E-state index contributed by atoms with van der Waals surface area (Å²) in [6.45, 7) is 14.5. The second kappa shape index (κ2) is 53.8. The minimum absolute atomic E-state index is 0.0196. The SMILES string of the molecule is CCCOC(c1ccccc1)(c1ccccc1)c1ccccc1.CCCOC(c1ccccc1)(c1ccccc1)c1ccccc1.CCCOC(c1ccccc1)(c1ccccc1)c1ccccc1.CCCOC(c1ccccc1)(c1ccccc1)c1ccccc1.CCCOC(c1ccccc1)(c1ccccc1)c1ccccc1.OCCOC(c1ccccc1)(c1ccccc1)c1ccccc1. The first kappa shape index (κ1) is 101.